The summed E-state index contributed by atoms with van der Waals surface area (Å²) in [6, 6.07) is 9.71. The Balaban J connectivity index is 2.47. The van der Waals surface area contributed by atoms with E-state index in [2.05, 4.69) is 0 Å². The molecule has 0 aliphatic carbocycles. The monoisotopic (exact) mass is 280 g/mol. The molecule has 0 saturated heterocycles. The minimum absolute atomic E-state index is 0.120. The lowest BCUT2D eigenvalue weighted by Crippen LogP contribution is -1.99. The predicted octanol–water partition coefficient (Wildman–Crippen LogP) is 3.09. The van der Waals surface area contributed by atoms with Gasteiger partial charge in [-0.25, -0.2) is 8.42 Å². The van der Waals surface area contributed by atoms with Crippen molar-refractivity contribution in [3.8, 4) is 0 Å². The number of carbonyl (C=O) groups is 1. The highest BCUT2D eigenvalue weighted by Crippen LogP contribution is 2.28. The van der Waals surface area contributed by atoms with Crippen molar-refractivity contribution in [1.29, 1.82) is 0 Å². The highest BCUT2D eigenvalue weighted by molar-refractivity contribution is 7.93. The van der Waals surface area contributed by atoms with E-state index in [0.717, 1.165) is 16.9 Å². The second-order valence-electron chi connectivity index (χ2n) is 3.99. The molecule has 94 valence electrons. The Hall–Kier alpha value is -1.46. The number of sulfone groups is 1. The van der Waals surface area contributed by atoms with Crippen LogP contribution in [0.3, 0.4) is 0 Å². The summed E-state index contributed by atoms with van der Waals surface area (Å²) in [6.07, 6.45) is 0. The average Bonchev–Trinajstić information content (AvgIpc) is 2.79. The lowest BCUT2D eigenvalue weighted by atomic mass is 10.2. The van der Waals surface area contributed by atoms with Crippen LogP contribution in [0.4, 0.5) is 0 Å². The summed E-state index contributed by atoms with van der Waals surface area (Å²) in [4.78, 5) is 11.9. The smallest absolute Gasteiger partial charge is 0.215 e. The van der Waals surface area contributed by atoms with Gasteiger partial charge in [0, 0.05) is 0 Å². The maximum Gasteiger partial charge on any atom is 0.215 e. The number of hydrogen-bond acceptors (Lipinski definition) is 4. The highest BCUT2D eigenvalue weighted by Gasteiger charge is 2.20. The Bertz CT molecular complexity index is 679. The molecule has 2 rings (SSSR count). The summed E-state index contributed by atoms with van der Waals surface area (Å²) in [5.41, 5.74) is 1.00. The largest absolute Gasteiger partial charge is 0.294 e. The van der Waals surface area contributed by atoms with Crippen LogP contribution in [0.1, 0.15) is 22.2 Å². The van der Waals surface area contributed by atoms with Crippen molar-refractivity contribution in [3.05, 3.63) is 46.8 Å². The molecule has 5 heteroatoms. The number of carbonyl (C=O) groups excluding carboxylic acids is 1. The molecule has 0 spiro atoms. The van der Waals surface area contributed by atoms with Gasteiger partial charge in [-0.15, -0.1) is 11.3 Å². The maximum atomic E-state index is 12.3. The molecular weight excluding hydrogens is 268 g/mol. The lowest BCUT2D eigenvalue weighted by molar-refractivity contribution is 0.102. The van der Waals surface area contributed by atoms with E-state index in [4.69, 9.17) is 0 Å². The number of aryl methyl sites for hydroxylation is 1. The quantitative estimate of drug-likeness (QED) is 0.812. The second kappa shape index (κ2) is 4.66. The standard InChI is InChI=1S/C13H12O3S2/c1-9-3-5-11(6-4-9)18(15,16)13-8-7-12(17-13)10(2)14/h3-8H,1-2H3. The number of benzene rings is 1. The summed E-state index contributed by atoms with van der Waals surface area (Å²) in [5.74, 6) is -0.120. The molecule has 0 fully saturated rings. The molecule has 1 heterocycles. The Kier molecular flexibility index (Phi) is 3.36. The van der Waals surface area contributed by atoms with Crippen LogP contribution in [0.5, 0.6) is 0 Å². The third-order valence-corrected chi connectivity index (χ3v) is 5.97. The first-order valence-corrected chi connectivity index (χ1v) is 7.64. The van der Waals surface area contributed by atoms with Crippen LogP contribution in [0.2, 0.25) is 0 Å². The minimum atomic E-state index is -3.50. The predicted molar refractivity (Wildman–Crippen MR) is 71.0 cm³/mol. The molecule has 0 atom stereocenters. The van der Waals surface area contributed by atoms with Crippen molar-refractivity contribution in [3.63, 3.8) is 0 Å². The van der Waals surface area contributed by atoms with Crippen LogP contribution >= 0.6 is 11.3 Å². The van der Waals surface area contributed by atoms with Gasteiger partial charge in [0.2, 0.25) is 9.84 Å². The van der Waals surface area contributed by atoms with Gasteiger partial charge in [-0.05, 0) is 38.1 Å². The Morgan fingerprint density at radius 1 is 1.06 bits per heavy atom. The van der Waals surface area contributed by atoms with Crippen LogP contribution in [0.15, 0.2) is 45.5 Å². The minimum Gasteiger partial charge on any atom is -0.294 e. The second-order valence-corrected chi connectivity index (χ2v) is 7.25. The van der Waals surface area contributed by atoms with Crippen molar-refractivity contribution < 1.29 is 13.2 Å². The normalized spacial score (nSPS) is 11.4. The van der Waals surface area contributed by atoms with E-state index in [1.165, 1.54) is 13.0 Å². The highest BCUT2D eigenvalue weighted by atomic mass is 32.2. The third-order valence-electron chi connectivity index (χ3n) is 2.52. The number of thiophene rings is 1. The Morgan fingerprint density at radius 2 is 1.67 bits per heavy atom. The molecule has 0 saturated carbocycles. The summed E-state index contributed by atoms with van der Waals surface area (Å²) in [6.45, 7) is 3.32. The molecule has 0 amide bonds. The molecule has 0 aliphatic rings. The van der Waals surface area contributed by atoms with Gasteiger partial charge in [0.15, 0.2) is 5.78 Å². The molecule has 18 heavy (non-hydrogen) atoms. The molecule has 1 aromatic heterocycles. The van der Waals surface area contributed by atoms with Crippen LogP contribution in [0, 0.1) is 6.92 Å². The van der Waals surface area contributed by atoms with Gasteiger partial charge >= 0.3 is 0 Å². The average molecular weight is 280 g/mol. The summed E-state index contributed by atoms with van der Waals surface area (Å²) in [5, 5.41) is 0. The molecule has 0 unspecified atom stereocenters. The van der Waals surface area contributed by atoms with Crippen molar-refractivity contribution in [2.24, 2.45) is 0 Å². The van der Waals surface area contributed by atoms with Gasteiger partial charge in [0.25, 0.3) is 0 Å². The van der Waals surface area contributed by atoms with Gasteiger partial charge < -0.3 is 0 Å². The fourth-order valence-corrected chi connectivity index (χ4v) is 4.09. The first-order chi connectivity index (χ1) is 8.41. The van der Waals surface area contributed by atoms with E-state index in [9.17, 15) is 13.2 Å². The lowest BCUT2D eigenvalue weighted by Gasteiger charge is -2.01. The van der Waals surface area contributed by atoms with Crippen molar-refractivity contribution >= 4 is 27.0 Å². The van der Waals surface area contributed by atoms with E-state index in [0.29, 0.717) is 4.88 Å². The fourth-order valence-electron chi connectivity index (χ4n) is 1.49. The summed E-state index contributed by atoms with van der Waals surface area (Å²) in [7, 11) is -3.50. The van der Waals surface area contributed by atoms with E-state index in [1.807, 2.05) is 6.92 Å². The summed E-state index contributed by atoms with van der Waals surface area (Å²) >= 11 is 1.01. The summed E-state index contributed by atoms with van der Waals surface area (Å²) < 4.78 is 24.8. The molecule has 0 aliphatic heterocycles. The van der Waals surface area contributed by atoms with Crippen LogP contribution in [0.25, 0.3) is 0 Å². The van der Waals surface area contributed by atoms with Gasteiger partial charge in [0.05, 0.1) is 9.77 Å². The number of hydrogen-bond donors (Lipinski definition) is 0. The molecule has 0 radical (unpaired) electrons. The molecule has 0 bridgehead atoms. The van der Waals surface area contributed by atoms with Crippen LogP contribution < -0.4 is 0 Å². The van der Waals surface area contributed by atoms with Gasteiger partial charge in [-0.2, -0.15) is 0 Å². The molecule has 3 nitrogen and oxygen atoms in total. The third kappa shape index (κ3) is 2.37. The van der Waals surface area contributed by atoms with Crippen LogP contribution in [-0.2, 0) is 9.84 Å². The first kappa shape index (κ1) is 13.0. The zero-order chi connectivity index (χ0) is 13.3. The van der Waals surface area contributed by atoms with Crippen LogP contribution in [-0.4, -0.2) is 14.2 Å². The van der Waals surface area contributed by atoms with E-state index >= 15 is 0 Å². The number of rotatable bonds is 3. The molecule has 0 N–H and O–H groups in total. The Morgan fingerprint density at radius 3 is 2.17 bits per heavy atom. The zero-order valence-corrected chi connectivity index (χ0v) is 11.6. The first-order valence-electron chi connectivity index (χ1n) is 5.34. The van der Waals surface area contributed by atoms with Gasteiger partial charge in [-0.1, -0.05) is 17.7 Å². The molecular formula is C13H12O3S2. The number of ketones is 1. The van der Waals surface area contributed by atoms with Crippen molar-refractivity contribution in [2.75, 3.05) is 0 Å². The Labute approximate surface area is 110 Å². The SMILES string of the molecule is CC(=O)c1ccc(S(=O)(=O)c2ccc(C)cc2)s1. The number of Topliss-reactive ketones (excluding diaryl/α,β-unsaturated/α-hetero) is 1. The fraction of sp³-hybridized carbons (Fsp3) is 0.154. The molecule has 2 aromatic rings. The van der Waals surface area contributed by atoms with Crippen molar-refractivity contribution in [2.45, 2.75) is 23.0 Å². The van der Waals surface area contributed by atoms with Gasteiger partial charge in [-0.3, -0.25) is 4.79 Å². The van der Waals surface area contributed by atoms with Gasteiger partial charge in [0.1, 0.15) is 4.21 Å². The van der Waals surface area contributed by atoms with E-state index in [-0.39, 0.29) is 14.9 Å². The topological polar surface area (TPSA) is 51.2 Å². The van der Waals surface area contributed by atoms with E-state index < -0.39 is 9.84 Å². The van der Waals surface area contributed by atoms with E-state index in [1.54, 1.807) is 30.3 Å². The maximum absolute atomic E-state index is 12.3. The zero-order valence-electron chi connectivity index (χ0n) is 10.0. The molecule has 1 aromatic carbocycles. The van der Waals surface area contributed by atoms with Crippen molar-refractivity contribution in [1.82, 2.24) is 0 Å².